The van der Waals surface area contributed by atoms with E-state index in [4.69, 9.17) is 0 Å². The number of hydrogen-bond acceptors (Lipinski definition) is 7. The Morgan fingerprint density at radius 3 is 2.58 bits per heavy atom. The number of anilines is 1. The highest BCUT2D eigenvalue weighted by molar-refractivity contribution is 7.90. The summed E-state index contributed by atoms with van der Waals surface area (Å²) in [6.07, 6.45) is 1.20. The summed E-state index contributed by atoms with van der Waals surface area (Å²) in [7, 11) is -3.18. The molecule has 9 heteroatoms. The Hall–Kier alpha value is -2.78. The molecular weight excluding hydrogens is 370 g/mol. The van der Waals surface area contributed by atoms with Crippen LogP contribution in [0.1, 0.15) is 5.56 Å². The molecule has 0 aliphatic heterocycles. The van der Waals surface area contributed by atoms with Crippen molar-refractivity contribution < 1.29 is 8.42 Å². The summed E-state index contributed by atoms with van der Waals surface area (Å²) in [5.74, 6) is 1.38. The van der Waals surface area contributed by atoms with E-state index >= 15 is 0 Å². The van der Waals surface area contributed by atoms with Crippen LogP contribution >= 0.6 is 11.3 Å². The number of aromatic nitrogens is 4. The first-order valence-corrected chi connectivity index (χ1v) is 10.6. The summed E-state index contributed by atoms with van der Waals surface area (Å²) in [6.45, 7) is 0.526. The highest BCUT2D eigenvalue weighted by Crippen LogP contribution is 2.21. The van der Waals surface area contributed by atoms with Crippen LogP contribution in [0.2, 0.25) is 0 Å². The van der Waals surface area contributed by atoms with Crippen LogP contribution in [0.5, 0.6) is 0 Å². The third-order valence-corrected chi connectivity index (χ3v) is 5.68. The lowest BCUT2D eigenvalue weighted by Gasteiger charge is -2.07. The molecule has 1 N–H and O–H groups in total. The van der Waals surface area contributed by atoms with E-state index in [1.165, 1.54) is 6.26 Å². The van der Waals surface area contributed by atoms with Gasteiger partial charge in [0.05, 0.1) is 4.90 Å². The second-order valence-corrected chi connectivity index (χ2v) is 8.59. The largest absolute Gasteiger partial charge is 0.365 e. The standard InChI is InChI=1S/C17H15N5O2S2/c1-26(23,24)14-4-2-12(3-5-14)10-18-15-6-7-16-19-20-17(22(16)21-15)13-8-9-25-11-13/h2-9,11H,10H2,1H3,(H,18,21). The second kappa shape index (κ2) is 6.50. The van der Waals surface area contributed by atoms with Gasteiger partial charge in [0.15, 0.2) is 21.3 Å². The van der Waals surface area contributed by atoms with Gasteiger partial charge in [0.2, 0.25) is 0 Å². The first-order chi connectivity index (χ1) is 12.5. The minimum Gasteiger partial charge on any atom is -0.365 e. The van der Waals surface area contributed by atoms with Gasteiger partial charge in [-0.2, -0.15) is 15.9 Å². The molecule has 0 aliphatic rings. The lowest BCUT2D eigenvalue weighted by molar-refractivity contribution is 0.602. The highest BCUT2D eigenvalue weighted by atomic mass is 32.2. The van der Waals surface area contributed by atoms with Gasteiger partial charge < -0.3 is 5.32 Å². The van der Waals surface area contributed by atoms with Crippen molar-refractivity contribution in [3.8, 4) is 11.4 Å². The minimum absolute atomic E-state index is 0.311. The molecule has 0 radical (unpaired) electrons. The van der Waals surface area contributed by atoms with Crippen LogP contribution in [-0.4, -0.2) is 34.5 Å². The molecule has 3 heterocycles. The van der Waals surface area contributed by atoms with Crippen molar-refractivity contribution in [3.05, 3.63) is 58.8 Å². The monoisotopic (exact) mass is 385 g/mol. The maximum Gasteiger partial charge on any atom is 0.186 e. The fourth-order valence-electron chi connectivity index (χ4n) is 2.50. The molecule has 4 aromatic rings. The summed E-state index contributed by atoms with van der Waals surface area (Å²) in [5, 5.41) is 20.1. The molecule has 3 aromatic heterocycles. The number of thiophene rings is 1. The molecule has 0 amide bonds. The Morgan fingerprint density at radius 1 is 1.08 bits per heavy atom. The molecule has 0 atom stereocenters. The SMILES string of the molecule is CS(=O)(=O)c1ccc(CNc2ccc3nnc(-c4ccsc4)n3n2)cc1. The molecule has 0 saturated heterocycles. The van der Waals surface area contributed by atoms with Gasteiger partial charge in [-0.15, -0.1) is 15.3 Å². The van der Waals surface area contributed by atoms with Crippen LogP contribution < -0.4 is 5.32 Å². The molecule has 0 saturated carbocycles. The molecule has 0 unspecified atom stereocenters. The Labute approximate surface area is 154 Å². The third-order valence-electron chi connectivity index (χ3n) is 3.87. The van der Waals surface area contributed by atoms with Crippen molar-refractivity contribution in [2.45, 2.75) is 11.4 Å². The summed E-state index contributed by atoms with van der Waals surface area (Å²) < 4.78 is 24.7. The number of nitrogens with zero attached hydrogens (tertiary/aromatic N) is 4. The molecule has 26 heavy (non-hydrogen) atoms. The molecule has 7 nitrogen and oxygen atoms in total. The maximum absolute atomic E-state index is 11.5. The van der Waals surface area contributed by atoms with Crippen molar-refractivity contribution in [3.63, 3.8) is 0 Å². The van der Waals surface area contributed by atoms with E-state index in [1.807, 2.05) is 29.0 Å². The molecule has 0 bridgehead atoms. The van der Waals surface area contributed by atoms with Crippen LogP contribution in [0.3, 0.4) is 0 Å². The van der Waals surface area contributed by atoms with Gasteiger partial charge in [0.1, 0.15) is 5.82 Å². The van der Waals surface area contributed by atoms with Crippen molar-refractivity contribution in [1.29, 1.82) is 0 Å². The van der Waals surface area contributed by atoms with Gasteiger partial charge in [0.25, 0.3) is 0 Å². The lowest BCUT2D eigenvalue weighted by atomic mass is 10.2. The molecule has 1 aromatic carbocycles. The Kier molecular flexibility index (Phi) is 4.17. The quantitative estimate of drug-likeness (QED) is 0.568. The highest BCUT2D eigenvalue weighted by Gasteiger charge is 2.10. The molecule has 0 fully saturated rings. The van der Waals surface area contributed by atoms with Crippen LogP contribution in [0, 0.1) is 0 Å². The minimum atomic E-state index is -3.18. The molecule has 0 aliphatic carbocycles. The molecule has 0 spiro atoms. The molecule has 132 valence electrons. The van der Waals surface area contributed by atoms with Gasteiger partial charge in [-0.1, -0.05) is 12.1 Å². The van der Waals surface area contributed by atoms with E-state index in [2.05, 4.69) is 20.6 Å². The maximum atomic E-state index is 11.5. The van der Waals surface area contributed by atoms with Crippen LogP contribution in [-0.2, 0) is 16.4 Å². The molecular formula is C17H15N5O2S2. The number of rotatable bonds is 5. The van der Waals surface area contributed by atoms with E-state index in [0.717, 1.165) is 11.1 Å². The first kappa shape index (κ1) is 16.7. The zero-order valence-corrected chi connectivity index (χ0v) is 15.5. The number of benzene rings is 1. The smallest absolute Gasteiger partial charge is 0.186 e. The lowest BCUT2D eigenvalue weighted by Crippen LogP contribution is -2.05. The third kappa shape index (κ3) is 3.31. The average molecular weight is 385 g/mol. The van der Waals surface area contributed by atoms with Crippen LogP contribution in [0.25, 0.3) is 17.0 Å². The van der Waals surface area contributed by atoms with Gasteiger partial charge in [-0.25, -0.2) is 8.42 Å². The van der Waals surface area contributed by atoms with Crippen molar-refractivity contribution in [2.24, 2.45) is 0 Å². The van der Waals surface area contributed by atoms with Crippen molar-refractivity contribution in [2.75, 3.05) is 11.6 Å². The number of nitrogens with one attached hydrogen (secondary N) is 1. The topological polar surface area (TPSA) is 89.2 Å². The molecule has 4 rings (SSSR count). The van der Waals surface area contributed by atoms with E-state index in [1.54, 1.807) is 40.1 Å². The fraction of sp³-hybridized carbons (Fsp3) is 0.118. The second-order valence-electron chi connectivity index (χ2n) is 5.79. The van der Waals surface area contributed by atoms with E-state index < -0.39 is 9.84 Å². The van der Waals surface area contributed by atoms with Gasteiger partial charge in [0, 0.05) is 23.7 Å². The Balaban J connectivity index is 1.55. The van der Waals surface area contributed by atoms with Crippen LogP contribution in [0.15, 0.2) is 58.1 Å². The zero-order chi connectivity index (χ0) is 18.1. The predicted octanol–water partition coefficient (Wildman–Crippen LogP) is 2.87. The summed E-state index contributed by atoms with van der Waals surface area (Å²) in [6, 6.07) is 12.5. The number of fused-ring (bicyclic) bond motifs is 1. The summed E-state index contributed by atoms with van der Waals surface area (Å²) in [4.78, 5) is 0.311. The average Bonchev–Trinajstić information content (AvgIpc) is 3.28. The number of hydrogen-bond donors (Lipinski definition) is 1. The zero-order valence-electron chi connectivity index (χ0n) is 13.8. The van der Waals surface area contributed by atoms with Crippen molar-refractivity contribution >= 4 is 32.6 Å². The van der Waals surface area contributed by atoms with E-state index in [0.29, 0.717) is 28.7 Å². The van der Waals surface area contributed by atoms with E-state index in [-0.39, 0.29) is 0 Å². The summed E-state index contributed by atoms with van der Waals surface area (Å²) in [5.41, 5.74) is 2.61. The Bertz CT molecular complexity index is 1150. The van der Waals surface area contributed by atoms with E-state index in [9.17, 15) is 8.42 Å². The fourth-order valence-corrected chi connectivity index (χ4v) is 3.77. The van der Waals surface area contributed by atoms with Gasteiger partial charge in [-0.3, -0.25) is 0 Å². The van der Waals surface area contributed by atoms with Crippen molar-refractivity contribution in [1.82, 2.24) is 19.8 Å². The van der Waals surface area contributed by atoms with Crippen LogP contribution in [0.4, 0.5) is 5.82 Å². The number of sulfone groups is 1. The van der Waals surface area contributed by atoms with Gasteiger partial charge >= 0.3 is 0 Å². The summed E-state index contributed by atoms with van der Waals surface area (Å²) >= 11 is 1.59. The van der Waals surface area contributed by atoms with Gasteiger partial charge in [-0.05, 0) is 41.3 Å². The predicted molar refractivity (Wildman–Crippen MR) is 101 cm³/mol. The normalized spacial score (nSPS) is 11.7. The first-order valence-electron chi connectivity index (χ1n) is 7.78. The Morgan fingerprint density at radius 2 is 1.88 bits per heavy atom.